The van der Waals surface area contributed by atoms with Gasteiger partial charge in [-0.2, -0.15) is 0 Å². The third-order valence-electron chi connectivity index (χ3n) is 4.89. The molecule has 154 valence electrons. The minimum Gasteiger partial charge on any atom is -0.450 e. The second kappa shape index (κ2) is 10.5. The van der Waals surface area contributed by atoms with Crippen molar-refractivity contribution < 1.29 is 14.3 Å². The number of nitrogens with zero attached hydrogens (tertiary/aromatic N) is 3. The van der Waals surface area contributed by atoms with Crippen molar-refractivity contribution in [3.63, 3.8) is 0 Å². The number of benzene rings is 1. The van der Waals surface area contributed by atoms with Gasteiger partial charge in [0.1, 0.15) is 5.69 Å². The van der Waals surface area contributed by atoms with Gasteiger partial charge in [0, 0.05) is 44.6 Å². The summed E-state index contributed by atoms with van der Waals surface area (Å²) in [5.74, 6) is -0.110. The van der Waals surface area contributed by atoms with Crippen LogP contribution in [0.2, 0.25) is 0 Å². The van der Waals surface area contributed by atoms with Crippen LogP contribution in [-0.2, 0) is 11.2 Å². The molecule has 0 spiro atoms. The number of aryl methyl sites for hydroxylation is 1. The van der Waals surface area contributed by atoms with Crippen molar-refractivity contribution in [1.29, 1.82) is 0 Å². The first-order chi connectivity index (χ1) is 14.2. The van der Waals surface area contributed by atoms with Crippen LogP contribution in [-0.4, -0.2) is 66.1 Å². The van der Waals surface area contributed by atoms with Gasteiger partial charge in [0.2, 0.25) is 0 Å². The first-order valence-electron chi connectivity index (χ1n) is 10.1. The number of ether oxygens (including phenoxy) is 1. The van der Waals surface area contributed by atoms with Crippen molar-refractivity contribution in [3.8, 4) is 0 Å². The van der Waals surface area contributed by atoms with Gasteiger partial charge in [-0.25, -0.2) is 4.79 Å². The van der Waals surface area contributed by atoms with Gasteiger partial charge in [0.15, 0.2) is 0 Å². The van der Waals surface area contributed by atoms with E-state index in [0.29, 0.717) is 38.5 Å². The number of pyridine rings is 1. The van der Waals surface area contributed by atoms with Gasteiger partial charge in [0.05, 0.1) is 6.61 Å². The molecule has 29 heavy (non-hydrogen) atoms. The molecular formula is C22H28N4O3. The number of hydrogen-bond donors (Lipinski definition) is 1. The Labute approximate surface area is 171 Å². The van der Waals surface area contributed by atoms with Crippen LogP contribution < -0.4 is 5.32 Å². The van der Waals surface area contributed by atoms with E-state index in [1.54, 1.807) is 29.0 Å². The predicted molar refractivity (Wildman–Crippen MR) is 112 cm³/mol. The largest absolute Gasteiger partial charge is 0.450 e. The molecule has 2 heterocycles. The molecule has 0 saturated carbocycles. The number of carbonyl (C=O) groups excluding carboxylic acids is 2. The lowest BCUT2D eigenvalue weighted by Gasteiger charge is -2.33. The van der Waals surface area contributed by atoms with E-state index in [1.165, 1.54) is 5.56 Å². The standard InChI is InChI=1S/C22H28N4O3/c1-2-29-22(28)26-15-13-25(14-16-26)21(27)20-17-19(10-12-24-20)23-11-6-9-18-7-4-3-5-8-18/h3-5,7-8,10,12,17H,2,6,9,11,13-16H2,1H3,(H,23,24). The fraction of sp³-hybridized carbons (Fsp3) is 0.409. The Bertz CT molecular complexity index is 805. The van der Waals surface area contributed by atoms with E-state index in [1.807, 2.05) is 12.1 Å². The maximum absolute atomic E-state index is 12.8. The van der Waals surface area contributed by atoms with E-state index in [2.05, 4.69) is 34.6 Å². The van der Waals surface area contributed by atoms with Crippen LogP contribution in [0.15, 0.2) is 48.7 Å². The fourth-order valence-corrected chi connectivity index (χ4v) is 3.30. The lowest BCUT2D eigenvalue weighted by molar-refractivity contribution is 0.0566. The number of nitrogens with one attached hydrogen (secondary N) is 1. The highest BCUT2D eigenvalue weighted by atomic mass is 16.6. The Morgan fingerprint density at radius 2 is 1.79 bits per heavy atom. The number of piperazine rings is 1. The highest BCUT2D eigenvalue weighted by Crippen LogP contribution is 2.13. The second-order valence-electron chi connectivity index (χ2n) is 6.92. The topological polar surface area (TPSA) is 74.8 Å². The number of anilines is 1. The number of amides is 2. The molecule has 1 aliphatic rings. The minimum absolute atomic E-state index is 0.110. The first-order valence-corrected chi connectivity index (χ1v) is 10.1. The molecule has 0 bridgehead atoms. The Morgan fingerprint density at radius 3 is 2.52 bits per heavy atom. The molecule has 2 aromatic rings. The molecule has 0 aliphatic carbocycles. The van der Waals surface area contributed by atoms with Crippen molar-refractivity contribution in [2.24, 2.45) is 0 Å². The lowest BCUT2D eigenvalue weighted by Crippen LogP contribution is -2.50. The summed E-state index contributed by atoms with van der Waals surface area (Å²) in [6, 6.07) is 14.1. The quantitative estimate of drug-likeness (QED) is 0.728. The summed E-state index contributed by atoms with van der Waals surface area (Å²) in [7, 11) is 0. The van der Waals surface area contributed by atoms with Crippen LogP contribution in [0.4, 0.5) is 10.5 Å². The molecule has 7 heteroatoms. The van der Waals surface area contributed by atoms with Crippen LogP contribution >= 0.6 is 0 Å². The number of hydrogen-bond acceptors (Lipinski definition) is 5. The normalized spacial score (nSPS) is 13.8. The van der Waals surface area contributed by atoms with Crippen LogP contribution in [0, 0.1) is 0 Å². The highest BCUT2D eigenvalue weighted by molar-refractivity contribution is 5.93. The molecule has 0 unspecified atom stereocenters. The van der Waals surface area contributed by atoms with E-state index in [0.717, 1.165) is 25.1 Å². The second-order valence-corrected chi connectivity index (χ2v) is 6.92. The molecule has 1 aliphatic heterocycles. The average molecular weight is 396 g/mol. The van der Waals surface area contributed by atoms with Gasteiger partial charge in [-0.15, -0.1) is 0 Å². The number of rotatable bonds is 7. The molecule has 1 N–H and O–H groups in total. The van der Waals surface area contributed by atoms with Crippen molar-refractivity contribution in [3.05, 3.63) is 59.9 Å². The van der Waals surface area contributed by atoms with E-state index in [9.17, 15) is 9.59 Å². The lowest BCUT2D eigenvalue weighted by atomic mass is 10.1. The zero-order chi connectivity index (χ0) is 20.5. The van der Waals surface area contributed by atoms with Gasteiger partial charge in [-0.3, -0.25) is 9.78 Å². The summed E-state index contributed by atoms with van der Waals surface area (Å²) < 4.78 is 5.02. The molecule has 1 aromatic carbocycles. The van der Waals surface area contributed by atoms with Gasteiger partial charge < -0.3 is 19.9 Å². The van der Waals surface area contributed by atoms with Crippen LogP contribution in [0.25, 0.3) is 0 Å². The van der Waals surface area contributed by atoms with Gasteiger partial charge in [-0.1, -0.05) is 30.3 Å². The monoisotopic (exact) mass is 396 g/mol. The predicted octanol–water partition coefficient (Wildman–Crippen LogP) is 3.04. The third-order valence-corrected chi connectivity index (χ3v) is 4.89. The molecular weight excluding hydrogens is 368 g/mol. The van der Waals surface area contributed by atoms with Gasteiger partial charge >= 0.3 is 6.09 Å². The van der Waals surface area contributed by atoms with Crippen LogP contribution in [0.5, 0.6) is 0 Å². The minimum atomic E-state index is -0.320. The summed E-state index contributed by atoms with van der Waals surface area (Å²) in [4.78, 5) is 32.2. The van der Waals surface area contributed by atoms with E-state index < -0.39 is 0 Å². The van der Waals surface area contributed by atoms with Crippen molar-refractivity contribution in [2.75, 3.05) is 44.6 Å². The number of aromatic nitrogens is 1. The average Bonchev–Trinajstić information content (AvgIpc) is 2.77. The Hall–Kier alpha value is -3.09. The molecule has 0 atom stereocenters. The maximum atomic E-state index is 12.8. The van der Waals surface area contributed by atoms with Gasteiger partial charge in [-0.05, 0) is 37.5 Å². The molecule has 3 rings (SSSR count). The summed E-state index contributed by atoms with van der Waals surface area (Å²) in [5, 5.41) is 3.37. The smallest absolute Gasteiger partial charge is 0.409 e. The highest BCUT2D eigenvalue weighted by Gasteiger charge is 2.26. The van der Waals surface area contributed by atoms with E-state index in [-0.39, 0.29) is 12.0 Å². The molecule has 1 fully saturated rings. The van der Waals surface area contributed by atoms with E-state index in [4.69, 9.17) is 4.74 Å². The first kappa shape index (κ1) is 20.6. The molecule has 7 nitrogen and oxygen atoms in total. The third kappa shape index (κ3) is 5.94. The van der Waals surface area contributed by atoms with Crippen molar-refractivity contribution in [1.82, 2.24) is 14.8 Å². The summed E-state index contributed by atoms with van der Waals surface area (Å²) in [6.07, 6.45) is 3.35. The van der Waals surface area contributed by atoms with Crippen LogP contribution in [0.3, 0.4) is 0 Å². The Kier molecular flexibility index (Phi) is 7.44. The molecule has 1 saturated heterocycles. The van der Waals surface area contributed by atoms with Crippen LogP contribution in [0.1, 0.15) is 29.4 Å². The zero-order valence-corrected chi connectivity index (χ0v) is 16.8. The van der Waals surface area contributed by atoms with E-state index >= 15 is 0 Å². The SMILES string of the molecule is CCOC(=O)N1CCN(C(=O)c2cc(NCCCc3ccccc3)ccn2)CC1. The Morgan fingerprint density at radius 1 is 1.07 bits per heavy atom. The molecule has 0 radical (unpaired) electrons. The van der Waals surface area contributed by atoms with Crippen molar-refractivity contribution in [2.45, 2.75) is 19.8 Å². The van der Waals surface area contributed by atoms with Gasteiger partial charge in [0.25, 0.3) is 5.91 Å². The summed E-state index contributed by atoms with van der Waals surface area (Å²) in [6.45, 7) is 4.87. The molecule has 2 amide bonds. The zero-order valence-electron chi connectivity index (χ0n) is 16.8. The number of carbonyl (C=O) groups is 2. The summed E-state index contributed by atoms with van der Waals surface area (Å²) >= 11 is 0. The Balaban J connectivity index is 1.47. The molecule has 1 aromatic heterocycles. The summed E-state index contributed by atoms with van der Waals surface area (Å²) in [5.41, 5.74) is 2.63. The fourth-order valence-electron chi connectivity index (χ4n) is 3.30. The van der Waals surface area contributed by atoms with Crippen molar-refractivity contribution >= 4 is 17.7 Å². The maximum Gasteiger partial charge on any atom is 0.409 e.